The number of fused-ring (bicyclic) bond motifs is 15. The minimum absolute atomic E-state index is 0.610. The van der Waals surface area contributed by atoms with Crippen LogP contribution in [0.2, 0.25) is 0 Å². The summed E-state index contributed by atoms with van der Waals surface area (Å²) in [7, 11) is 0. The number of benzene rings is 12. The van der Waals surface area contributed by atoms with Gasteiger partial charge in [-0.3, -0.25) is 0 Å². The van der Waals surface area contributed by atoms with Crippen LogP contribution in [0, 0.1) is 0 Å². The highest BCUT2D eigenvalue weighted by Crippen LogP contribution is 2.45. The SMILES string of the molecule is c1ccc(-c2cc(-c3nc(-c4ccccc4)nc(-c4ccccc4)n3)cc(-n3c4cc5c6ccccc6c6ccccc6c5cc4c4cc5c6ccccc6c6ccccc6c5cc43)c2)cc1. The zero-order valence-electron chi connectivity index (χ0n) is 36.2. The van der Waals surface area contributed by atoms with E-state index in [4.69, 9.17) is 15.0 Å². The van der Waals surface area contributed by atoms with E-state index >= 15 is 0 Å². The summed E-state index contributed by atoms with van der Waals surface area (Å²) in [5, 5.41) is 17.4. The van der Waals surface area contributed by atoms with Crippen molar-refractivity contribution in [2.75, 3.05) is 0 Å². The van der Waals surface area contributed by atoms with Gasteiger partial charge in [0, 0.05) is 33.2 Å². The summed E-state index contributed by atoms with van der Waals surface area (Å²) in [5.74, 6) is 1.87. The second-order valence-corrected chi connectivity index (χ2v) is 17.5. The van der Waals surface area contributed by atoms with E-state index in [1.807, 2.05) is 36.4 Å². The highest BCUT2D eigenvalue weighted by molar-refractivity contribution is 6.32. The lowest BCUT2D eigenvalue weighted by Gasteiger charge is -2.16. The molecule has 2 aromatic heterocycles. The van der Waals surface area contributed by atoms with Crippen LogP contribution in [0.5, 0.6) is 0 Å². The van der Waals surface area contributed by atoms with Crippen molar-refractivity contribution in [1.29, 1.82) is 0 Å². The van der Waals surface area contributed by atoms with Gasteiger partial charge in [-0.05, 0) is 118 Å². The van der Waals surface area contributed by atoms with Gasteiger partial charge in [-0.25, -0.2) is 15.0 Å². The maximum Gasteiger partial charge on any atom is 0.164 e. The Morgan fingerprint density at radius 3 is 0.896 bits per heavy atom. The Kier molecular flexibility index (Phi) is 8.25. The molecule has 0 bridgehead atoms. The van der Waals surface area contributed by atoms with Crippen molar-refractivity contribution in [2.24, 2.45) is 0 Å². The first kappa shape index (κ1) is 37.4. The van der Waals surface area contributed by atoms with Gasteiger partial charge in [0.25, 0.3) is 0 Å². The summed E-state index contributed by atoms with van der Waals surface area (Å²) < 4.78 is 2.49. The van der Waals surface area contributed by atoms with E-state index in [1.54, 1.807) is 0 Å². The van der Waals surface area contributed by atoms with Crippen molar-refractivity contribution in [3.63, 3.8) is 0 Å². The summed E-state index contributed by atoms with van der Waals surface area (Å²) in [6, 6.07) is 83.1. The molecule has 0 fully saturated rings. The van der Waals surface area contributed by atoms with Crippen molar-refractivity contribution in [3.05, 3.63) is 231 Å². The smallest absolute Gasteiger partial charge is 0.164 e. The highest BCUT2D eigenvalue weighted by atomic mass is 15.0. The third-order valence-corrected chi connectivity index (χ3v) is 13.7. The minimum atomic E-state index is 0.610. The van der Waals surface area contributed by atoms with Crippen molar-refractivity contribution in [3.8, 4) is 51.0 Å². The third-order valence-electron chi connectivity index (χ3n) is 13.7. The van der Waals surface area contributed by atoms with Crippen LogP contribution in [0.1, 0.15) is 0 Å². The Bertz CT molecular complexity index is 4080. The van der Waals surface area contributed by atoms with Crippen LogP contribution in [-0.4, -0.2) is 19.5 Å². The Morgan fingerprint density at radius 2 is 0.507 bits per heavy atom. The van der Waals surface area contributed by atoms with E-state index in [9.17, 15) is 0 Å². The number of hydrogen-bond acceptors (Lipinski definition) is 3. The van der Waals surface area contributed by atoms with E-state index < -0.39 is 0 Å². The molecule has 0 aliphatic rings. The largest absolute Gasteiger partial charge is 0.309 e. The van der Waals surface area contributed by atoms with Gasteiger partial charge in [-0.15, -0.1) is 0 Å². The van der Waals surface area contributed by atoms with E-state index in [-0.39, 0.29) is 0 Å². The normalized spacial score (nSPS) is 11.9. The van der Waals surface area contributed by atoms with Gasteiger partial charge in [0.05, 0.1) is 11.0 Å². The lowest BCUT2D eigenvalue weighted by Crippen LogP contribution is -2.02. The van der Waals surface area contributed by atoms with Crippen LogP contribution in [0.4, 0.5) is 0 Å². The molecule has 12 aromatic carbocycles. The van der Waals surface area contributed by atoms with Gasteiger partial charge in [0.15, 0.2) is 17.5 Å². The predicted octanol–water partition coefficient (Wildman–Crippen LogP) is 16.6. The van der Waals surface area contributed by atoms with Crippen molar-refractivity contribution in [2.45, 2.75) is 0 Å². The molecule has 0 saturated heterocycles. The molecule has 67 heavy (non-hydrogen) atoms. The van der Waals surface area contributed by atoms with E-state index in [0.717, 1.165) is 44.5 Å². The molecule has 0 radical (unpaired) electrons. The number of rotatable bonds is 5. The first-order valence-corrected chi connectivity index (χ1v) is 22.8. The number of aromatic nitrogens is 4. The van der Waals surface area contributed by atoms with Crippen molar-refractivity contribution < 1.29 is 0 Å². The summed E-state index contributed by atoms with van der Waals surface area (Å²) in [6.45, 7) is 0. The van der Waals surface area contributed by atoms with Crippen LogP contribution in [0.25, 0.3) is 137 Å². The zero-order valence-corrected chi connectivity index (χ0v) is 36.2. The summed E-state index contributed by atoms with van der Waals surface area (Å²) in [4.78, 5) is 15.6. The zero-order chi connectivity index (χ0) is 44.0. The van der Waals surface area contributed by atoms with Crippen LogP contribution in [-0.2, 0) is 0 Å². The molecule has 4 heteroatoms. The molecule has 0 amide bonds. The first-order chi connectivity index (χ1) is 33.2. The standard InChI is InChI=1S/C63H38N4/c1-4-18-39(19-5-1)42-32-43(63-65-61(40-20-6-2-7-21-40)64-62(66-63)41-22-8-3-9-23-41)34-44(33-42)67-59-37-55-51-30-16-12-26-47(51)45-24-10-14-28-49(45)53(55)35-57(59)58-36-54-50-29-15-11-25-46(50)48-27-13-17-31-52(48)56(54)38-60(58)67/h1-38H. The number of nitrogens with zero attached hydrogens (tertiary/aromatic N) is 4. The fourth-order valence-corrected chi connectivity index (χ4v) is 10.7. The average molecular weight is 851 g/mol. The topological polar surface area (TPSA) is 43.6 Å². The second kappa shape index (κ2) is 14.8. The lowest BCUT2D eigenvalue weighted by atomic mass is 9.92. The van der Waals surface area contributed by atoms with E-state index in [2.05, 4.69) is 199 Å². The third kappa shape index (κ3) is 5.90. The Morgan fingerprint density at radius 1 is 0.209 bits per heavy atom. The van der Waals surface area contributed by atoms with Crippen molar-refractivity contribution in [1.82, 2.24) is 19.5 Å². The average Bonchev–Trinajstić information content (AvgIpc) is 3.72. The molecule has 14 rings (SSSR count). The molecule has 0 saturated carbocycles. The van der Waals surface area contributed by atoms with Gasteiger partial charge in [0.2, 0.25) is 0 Å². The lowest BCUT2D eigenvalue weighted by molar-refractivity contribution is 1.07. The predicted molar refractivity (Wildman–Crippen MR) is 281 cm³/mol. The highest BCUT2D eigenvalue weighted by Gasteiger charge is 2.21. The summed E-state index contributed by atoms with van der Waals surface area (Å²) in [5.41, 5.74) is 8.23. The Hall–Kier alpha value is -8.99. The van der Waals surface area contributed by atoms with Gasteiger partial charge < -0.3 is 4.57 Å². The van der Waals surface area contributed by atoms with E-state index in [1.165, 1.54) is 75.4 Å². The van der Waals surface area contributed by atoms with Crippen LogP contribution in [0.3, 0.4) is 0 Å². The molecule has 14 aromatic rings. The maximum atomic E-state index is 5.26. The quantitative estimate of drug-likeness (QED) is 0.162. The monoisotopic (exact) mass is 850 g/mol. The Labute approximate surface area is 385 Å². The maximum absolute atomic E-state index is 5.26. The van der Waals surface area contributed by atoms with Gasteiger partial charge >= 0.3 is 0 Å². The van der Waals surface area contributed by atoms with Crippen LogP contribution in [0.15, 0.2) is 231 Å². The fourth-order valence-electron chi connectivity index (χ4n) is 10.7. The molecule has 2 heterocycles. The minimum Gasteiger partial charge on any atom is -0.309 e. The molecule has 4 nitrogen and oxygen atoms in total. The van der Waals surface area contributed by atoms with Gasteiger partial charge in [0.1, 0.15) is 0 Å². The molecule has 0 N–H and O–H groups in total. The molecule has 0 atom stereocenters. The molecular formula is C63H38N4. The summed E-state index contributed by atoms with van der Waals surface area (Å²) >= 11 is 0. The first-order valence-electron chi connectivity index (χ1n) is 22.8. The van der Waals surface area contributed by atoms with Crippen LogP contribution < -0.4 is 0 Å². The molecule has 0 aliphatic carbocycles. The Balaban J connectivity index is 1.14. The molecule has 0 unspecified atom stereocenters. The molecular weight excluding hydrogens is 813 g/mol. The molecule has 0 spiro atoms. The van der Waals surface area contributed by atoms with Gasteiger partial charge in [-0.2, -0.15) is 0 Å². The van der Waals surface area contributed by atoms with E-state index in [0.29, 0.717) is 17.5 Å². The fraction of sp³-hybridized carbons (Fsp3) is 0. The van der Waals surface area contributed by atoms with Gasteiger partial charge in [-0.1, -0.05) is 188 Å². The number of hydrogen-bond donors (Lipinski definition) is 0. The summed E-state index contributed by atoms with van der Waals surface area (Å²) in [6.07, 6.45) is 0. The second-order valence-electron chi connectivity index (χ2n) is 17.5. The molecule has 0 aliphatic heterocycles. The molecule has 310 valence electrons. The van der Waals surface area contributed by atoms with Crippen molar-refractivity contribution >= 4 is 86.4 Å². The van der Waals surface area contributed by atoms with Crippen LogP contribution >= 0.6 is 0 Å².